The Morgan fingerprint density at radius 3 is 2.62 bits per heavy atom. The van der Waals surface area contributed by atoms with Gasteiger partial charge >= 0.3 is 0 Å². The van der Waals surface area contributed by atoms with Crippen molar-refractivity contribution in [2.24, 2.45) is 12.0 Å². The van der Waals surface area contributed by atoms with E-state index in [1.807, 2.05) is 23.8 Å². The van der Waals surface area contributed by atoms with Gasteiger partial charge in [-0.05, 0) is 44.0 Å². The van der Waals surface area contributed by atoms with E-state index in [0.29, 0.717) is 17.0 Å². The van der Waals surface area contributed by atoms with Crippen LogP contribution in [-0.4, -0.2) is 20.3 Å². The van der Waals surface area contributed by atoms with Crippen LogP contribution in [0.15, 0.2) is 36.0 Å². The third-order valence-electron chi connectivity index (χ3n) is 4.02. The van der Waals surface area contributed by atoms with Gasteiger partial charge in [0.05, 0.1) is 10.2 Å². The zero-order valence-corrected chi connectivity index (χ0v) is 15.1. The van der Waals surface area contributed by atoms with Crippen LogP contribution in [0.4, 0.5) is 0 Å². The van der Waals surface area contributed by atoms with Crippen molar-refractivity contribution < 1.29 is 4.79 Å². The van der Waals surface area contributed by atoms with Crippen LogP contribution in [0.25, 0.3) is 10.2 Å². The molecule has 1 aromatic carbocycles. The number of carbonyl (C=O) groups is 1. The highest BCUT2D eigenvalue weighted by Crippen LogP contribution is 2.22. The lowest BCUT2D eigenvalue weighted by atomic mass is 10.1. The Bertz CT molecular complexity index is 1020. The summed E-state index contributed by atoms with van der Waals surface area (Å²) < 4.78 is 4.77. The van der Waals surface area contributed by atoms with Gasteiger partial charge in [0, 0.05) is 25.4 Å². The molecule has 0 saturated heterocycles. The topological polar surface area (TPSA) is 52.2 Å². The highest BCUT2D eigenvalue weighted by Gasteiger charge is 2.14. The summed E-state index contributed by atoms with van der Waals surface area (Å²) in [7, 11) is 1.80. The standard InChI is InChI=1S/C18H20N4OS/c1-6-7-22-14-8-11(2)12(3)9-15(14)24-18(22)19-17(23)16-13(4)10-21(5)20-16/h6,8-10H,1,7H2,2-5H3. The number of aryl methyl sites for hydroxylation is 4. The molecule has 1 amide bonds. The summed E-state index contributed by atoms with van der Waals surface area (Å²) >= 11 is 1.52. The minimum Gasteiger partial charge on any atom is -0.312 e. The van der Waals surface area contributed by atoms with Gasteiger partial charge in [0.2, 0.25) is 0 Å². The van der Waals surface area contributed by atoms with Crippen molar-refractivity contribution in [2.45, 2.75) is 27.3 Å². The summed E-state index contributed by atoms with van der Waals surface area (Å²) in [6.07, 6.45) is 3.63. The summed E-state index contributed by atoms with van der Waals surface area (Å²) in [6.45, 7) is 10.5. The van der Waals surface area contributed by atoms with E-state index in [9.17, 15) is 4.79 Å². The number of thiazole rings is 1. The molecule has 0 aliphatic heterocycles. The molecule has 0 atom stereocenters. The van der Waals surface area contributed by atoms with Crippen LogP contribution >= 0.6 is 11.3 Å². The predicted molar refractivity (Wildman–Crippen MR) is 97.3 cm³/mol. The van der Waals surface area contributed by atoms with E-state index in [1.54, 1.807) is 11.7 Å². The molecule has 0 spiro atoms. The van der Waals surface area contributed by atoms with E-state index in [-0.39, 0.29) is 5.91 Å². The number of rotatable bonds is 3. The lowest BCUT2D eigenvalue weighted by molar-refractivity contribution is 0.0992. The quantitative estimate of drug-likeness (QED) is 0.687. The SMILES string of the molecule is C=CCn1c(=NC(=O)c2nn(C)cc2C)sc2cc(C)c(C)cc21. The van der Waals surface area contributed by atoms with Gasteiger partial charge in [-0.2, -0.15) is 10.1 Å². The van der Waals surface area contributed by atoms with Gasteiger partial charge in [0.25, 0.3) is 5.91 Å². The van der Waals surface area contributed by atoms with E-state index >= 15 is 0 Å². The second-order valence-electron chi connectivity index (χ2n) is 5.94. The normalized spacial score (nSPS) is 12.1. The molecule has 0 aliphatic carbocycles. The molecule has 0 radical (unpaired) electrons. The van der Waals surface area contributed by atoms with Crippen molar-refractivity contribution in [3.05, 3.63) is 58.2 Å². The molecule has 0 N–H and O–H groups in total. The van der Waals surface area contributed by atoms with E-state index < -0.39 is 0 Å². The first-order chi connectivity index (χ1) is 11.4. The van der Waals surface area contributed by atoms with Crippen molar-refractivity contribution in [3.8, 4) is 0 Å². The lowest BCUT2D eigenvalue weighted by Crippen LogP contribution is -2.16. The Hall–Kier alpha value is -2.47. The molecule has 0 saturated carbocycles. The average Bonchev–Trinajstić information content (AvgIpc) is 3.01. The average molecular weight is 340 g/mol. The second kappa shape index (κ2) is 6.20. The summed E-state index contributed by atoms with van der Waals surface area (Å²) in [6, 6.07) is 4.28. The first kappa shape index (κ1) is 16.4. The van der Waals surface area contributed by atoms with Crippen LogP contribution in [0.2, 0.25) is 0 Å². The van der Waals surface area contributed by atoms with Crippen molar-refractivity contribution in [2.75, 3.05) is 0 Å². The minimum atomic E-state index is -0.314. The zero-order chi connectivity index (χ0) is 17.4. The van der Waals surface area contributed by atoms with Crippen LogP contribution in [-0.2, 0) is 13.6 Å². The van der Waals surface area contributed by atoms with Crippen LogP contribution in [0.3, 0.4) is 0 Å². The summed E-state index contributed by atoms with van der Waals surface area (Å²) in [5, 5.41) is 4.21. The summed E-state index contributed by atoms with van der Waals surface area (Å²) in [4.78, 5) is 17.5. The van der Waals surface area contributed by atoms with Crippen molar-refractivity contribution in [3.63, 3.8) is 0 Å². The number of benzene rings is 1. The molecule has 0 fully saturated rings. The fraction of sp³-hybridized carbons (Fsp3) is 0.278. The van der Waals surface area contributed by atoms with E-state index in [0.717, 1.165) is 15.8 Å². The maximum Gasteiger partial charge on any atom is 0.300 e. The minimum absolute atomic E-state index is 0.314. The molecule has 5 nitrogen and oxygen atoms in total. The number of nitrogens with zero attached hydrogens (tertiary/aromatic N) is 4. The number of amides is 1. The smallest absolute Gasteiger partial charge is 0.300 e. The molecule has 124 valence electrons. The molecule has 24 heavy (non-hydrogen) atoms. The van der Waals surface area contributed by atoms with Crippen molar-refractivity contribution in [1.82, 2.24) is 14.3 Å². The fourth-order valence-corrected chi connectivity index (χ4v) is 3.79. The molecule has 0 aliphatic rings. The van der Waals surface area contributed by atoms with Crippen LogP contribution in [0, 0.1) is 20.8 Å². The van der Waals surface area contributed by atoms with Crippen molar-refractivity contribution >= 4 is 27.5 Å². The van der Waals surface area contributed by atoms with Gasteiger partial charge in [0.1, 0.15) is 0 Å². The Morgan fingerprint density at radius 2 is 2.00 bits per heavy atom. The third kappa shape index (κ3) is 2.85. The van der Waals surface area contributed by atoms with Crippen LogP contribution in [0.1, 0.15) is 27.2 Å². The Kier molecular flexibility index (Phi) is 4.24. The van der Waals surface area contributed by atoms with Crippen LogP contribution in [0.5, 0.6) is 0 Å². The first-order valence-corrected chi connectivity index (χ1v) is 8.53. The lowest BCUT2D eigenvalue weighted by Gasteiger charge is -2.03. The zero-order valence-electron chi connectivity index (χ0n) is 14.3. The summed E-state index contributed by atoms with van der Waals surface area (Å²) in [5.74, 6) is -0.314. The second-order valence-corrected chi connectivity index (χ2v) is 6.95. The molecule has 2 aromatic heterocycles. The Balaban J connectivity index is 2.20. The van der Waals surface area contributed by atoms with Gasteiger partial charge in [-0.15, -0.1) is 6.58 Å². The molecule has 3 rings (SSSR count). The van der Waals surface area contributed by atoms with E-state index in [4.69, 9.17) is 0 Å². The monoisotopic (exact) mass is 340 g/mol. The third-order valence-corrected chi connectivity index (χ3v) is 5.06. The van der Waals surface area contributed by atoms with Gasteiger partial charge in [-0.1, -0.05) is 17.4 Å². The number of hydrogen-bond acceptors (Lipinski definition) is 3. The number of hydrogen-bond donors (Lipinski definition) is 0. The largest absolute Gasteiger partial charge is 0.312 e. The molecule has 3 aromatic rings. The molecular weight excluding hydrogens is 320 g/mol. The Morgan fingerprint density at radius 1 is 1.29 bits per heavy atom. The molecule has 6 heteroatoms. The molecule has 0 bridgehead atoms. The van der Waals surface area contributed by atoms with Crippen molar-refractivity contribution in [1.29, 1.82) is 0 Å². The van der Waals surface area contributed by atoms with Gasteiger partial charge in [0.15, 0.2) is 10.5 Å². The fourth-order valence-electron chi connectivity index (χ4n) is 2.67. The Labute approximate surface area is 144 Å². The first-order valence-electron chi connectivity index (χ1n) is 7.71. The number of allylic oxidation sites excluding steroid dienone is 1. The molecule has 2 heterocycles. The summed E-state index contributed by atoms with van der Waals surface area (Å²) in [5.41, 5.74) is 4.75. The maximum absolute atomic E-state index is 12.5. The number of aromatic nitrogens is 3. The highest BCUT2D eigenvalue weighted by atomic mass is 32.1. The number of fused-ring (bicyclic) bond motifs is 1. The predicted octanol–water partition coefficient (Wildman–Crippen LogP) is 3.29. The van der Waals surface area contributed by atoms with Crippen LogP contribution < -0.4 is 4.80 Å². The van der Waals surface area contributed by atoms with E-state index in [2.05, 4.69) is 42.7 Å². The van der Waals surface area contributed by atoms with E-state index in [1.165, 1.54) is 22.5 Å². The highest BCUT2D eigenvalue weighted by molar-refractivity contribution is 7.16. The van der Waals surface area contributed by atoms with Gasteiger partial charge in [-0.3, -0.25) is 9.48 Å². The number of carbonyl (C=O) groups excluding carboxylic acids is 1. The van der Waals surface area contributed by atoms with Gasteiger partial charge < -0.3 is 4.57 Å². The molecule has 0 unspecified atom stereocenters. The molecular formula is C18H20N4OS. The van der Waals surface area contributed by atoms with Gasteiger partial charge in [-0.25, -0.2) is 0 Å². The maximum atomic E-state index is 12.5.